The summed E-state index contributed by atoms with van der Waals surface area (Å²) in [5.41, 5.74) is 3.43. The number of nitrogens with one attached hydrogen (secondary N) is 1. The smallest absolute Gasteiger partial charge is 0.262 e. The van der Waals surface area contributed by atoms with Crippen molar-refractivity contribution >= 4 is 80.7 Å². The summed E-state index contributed by atoms with van der Waals surface area (Å²) in [6.07, 6.45) is 0. The minimum Gasteiger partial charge on any atom is -0.481 e. The molecule has 0 aliphatic carbocycles. The third-order valence-corrected chi connectivity index (χ3v) is 6.94. The molecular weight excluding hydrogens is 530 g/mol. The van der Waals surface area contributed by atoms with Crippen LogP contribution in [0, 0.1) is 13.8 Å². The number of rotatable bonds is 5. The zero-order valence-corrected chi connectivity index (χ0v) is 21.0. The van der Waals surface area contributed by atoms with E-state index in [1.807, 2.05) is 0 Å². The number of aromatic nitrogens is 1. The summed E-state index contributed by atoms with van der Waals surface area (Å²) in [6, 6.07) is 10.2. The van der Waals surface area contributed by atoms with Gasteiger partial charge in [-0.1, -0.05) is 58.0 Å². The number of hydrogen-bond donors (Lipinski definition) is 1. The molecule has 170 valence electrons. The molecular formula is C23H15Cl5N2O3. The molecule has 0 aliphatic rings. The van der Waals surface area contributed by atoms with Gasteiger partial charge in [-0.2, -0.15) is 0 Å². The van der Waals surface area contributed by atoms with Crippen LogP contribution in [0.25, 0.3) is 22.6 Å². The molecule has 0 saturated heterocycles. The van der Waals surface area contributed by atoms with Crippen LogP contribution in [0.1, 0.15) is 11.1 Å². The summed E-state index contributed by atoms with van der Waals surface area (Å²) in [4.78, 5) is 17.0. The molecule has 10 heteroatoms. The van der Waals surface area contributed by atoms with Gasteiger partial charge in [0.15, 0.2) is 17.9 Å². The average molecular weight is 545 g/mol. The van der Waals surface area contributed by atoms with Gasteiger partial charge in [0, 0.05) is 15.6 Å². The molecule has 1 aromatic heterocycles. The largest absolute Gasteiger partial charge is 0.481 e. The summed E-state index contributed by atoms with van der Waals surface area (Å²) < 4.78 is 11.4. The molecule has 1 heterocycles. The highest BCUT2D eigenvalue weighted by Crippen LogP contribution is 2.42. The van der Waals surface area contributed by atoms with Gasteiger partial charge in [0.05, 0.1) is 20.8 Å². The first-order valence-electron chi connectivity index (χ1n) is 9.58. The standard InChI is InChI=1S/C23H15Cl5N2O3/c1-10-19(26)11(2)21(28)22(20(10)27)32-9-18(31)29-15-7-12(3-5-14(15)25)23-30-16-8-13(24)4-6-17(16)33-23/h3-8H,9H2,1-2H3,(H,29,31). The van der Waals surface area contributed by atoms with Crippen LogP contribution in [-0.2, 0) is 4.79 Å². The van der Waals surface area contributed by atoms with Crippen LogP contribution < -0.4 is 10.1 Å². The molecule has 4 rings (SSSR count). The molecule has 0 unspecified atom stereocenters. The first kappa shape index (κ1) is 24.0. The van der Waals surface area contributed by atoms with Gasteiger partial charge in [-0.15, -0.1) is 0 Å². The van der Waals surface area contributed by atoms with Gasteiger partial charge in [-0.3, -0.25) is 4.79 Å². The van der Waals surface area contributed by atoms with Crippen molar-refractivity contribution in [3.63, 3.8) is 0 Å². The Balaban J connectivity index is 1.53. The van der Waals surface area contributed by atoms with Crippen LogP contribution in [0.15, 0.2) is 40.8 Å². The molecule has 0 atom stereocenters. The first-order valence-corrected chi connectivity index (χ1v) is 11.5. The van der Waals surface area contributed by atoms with Crippen LogP contribution in [-0.4, -0.2) is 17.5 Å². The fourth-order valence-electron chi connectivity index (χ4n) is 3.14. The Morgan fingerprint density at radius 1 is 0.970 bits per heavy atom. The van der Waals surface area contributed by atoms with Gasteiger partial charge in [0.1, 0.15) is 5.52 Å². The van der Waals surface area contributed by atoms with Crippen LogP contribution in [0.2, 0.25) is 25.1 Å². The molecule has 4 aromatic rings. The molecule has 0 fully saturated rings. The van der Waals surface area contributed by atoms with Crippen molar-refractivity contribution in [3.05, 3.63) is 72.6 Å². The van der Waals surface area contributed by atoms with Gasteiger partial charge in [-0.05, 0) is 61.4 Å². The Bertz CT molecular complexity index is 1370. The maximum Gasteiger partial charge on any atom is 0.262 e. The summed E-state index contributed by atoms with van der Waals surface area (Å²) in [7, 11) is 0. The van der Waals surface area contributed by atoms with Gasteiger partial charge in [0.25, 0.3) is 5.91 Å². The minimum absolute atomic E-state index is 0.192. The molecule has 0 spiro atoms. The fourth-order valence-corrected chi connectivity index (χ4v) is 4.29. The molecule has 3 aromatic carbocycles. The lowest BCUT2D eigenvalue weighted by Gasteiger charge is -2.15. The van der Waals surface area contributed by atoms with E-state index < -0.39 is 5.91 Å². The molecule has 0 bridgehead atoms. The number of amides is 1. The maximum atomic E-state index is 12.6. The van der Waals surface area contributed by atoms with Gasteiger partial charge in [0.2, 0.25) is 5.89 Å². The van der Waals surface area contributed by atoms with Crippen LogP contribution >= 0.6 is 58.0 Å². The topological polar surface area (TPSA) is 64.4 Å². The Morgan fingerprint density at radius 3 is 2.36 bits per heavy atom. The third kappa shape index (κ3) is 4.88. The third-order valence-electron chi connectivity index (χ3n) is 4.90. The van der Waals surface area contributed by atoms with Crippen molar-refractivity contribution in [1.82, 2.24) is 4.98 Å². The van der Waals surface area contributed by atoms with E-state index in [-0.39, 0.29) is 22.4 Å². The zero-order chi connectivity index (χ0) is 23.9. The number of carbonyl (C=O) groups excluding carboxylic acids is 1. The van der Waals surface area contributed by atoms with Crippen molar-refractivity contribution in [2.75, 3.05) is 11.9 Å². The second-order valence-corrected chi connectivity index (χ2v) is 9.16. The van der Waals surface area contributed by atoms with Crippen molar-refractivity contribution in [1.29, 1.82) is 0 Å². The predicted octanol–water partition coefficient (Wildman–Crippen LogP) is 8.40. The zero-order valence-electron chi connectivity index (χ0n) is 17.2. The van der Waals surface area contributed by atoms with Crippen LogP contribution in [0.3, 0.4) is 0 Å². The number of nitrogens with zero attached hydrogens (tertiary/aromatic N) is 1. The van der Waals surface area contributed by atoms with E-state index in [1.54, 1.807) is 50.2 Å². The Morgan fingerprint density at radius 2 is 1.67 bits per heavy atom. The molecule has 33 heavy (non-hydrogen) atoms. The summed E-state index contributed by atoms with van der Waals surface area (Å²) in [5.74, 6) is 0.0926. The van der Waals surface area contributed by atoms with E-state index in [1.165, 1.54) is 0 Å². The average Bonchev–Trinajstić information content (AvgIpc) is 3.21. The Kier molecular flexibility index (Phi) is 6.99. The highest BCUT2D eigenvalue weighted by Gasteiger charge is 2.19. The number of oxazole rings is 1. The second-order valence-electron chi connectivity index (χ2n) is 7.18. The normalized spacial score (nSPS) is 11.1. The molecule has 0 saturated carbocycles. The van der Waals surface area contributed by atoms with Gasteiger partial charge < -0.3 is 14.5 Å². The summed E-state index contributed by atoms with van der Waals surface area (Å²) in [6.45, 7) is 3.14. The molecule has 1 N–H and O–H groups in total. The van der Waals surface area contributed by atoms with E-state index in [4.69, 9.17) is 67.2 Å². The lowest BCUT2D eigenvalue weighted by molar-refractivity contribution is -0.118. The number of halogens is 5. The second kappa shape index (κ2) is 9.61. The number of ether oxygens (including phenoxy) is 1. The monoisotopic (exact) mass is 542 g/mol. The van der Waals surface area contributed by atoms with E-state index in [2.05, 4.69) is 10.3 Å². The van der Waals surface area contributed by atoms with E-state index in [0.717, 1.165) is 0 Å². The lowest BCUT2D eigenvalue weighted by Crippen LogP contribution is -2.20. The van der Waals surface area contributed by atoms with Crippen molar-refractivity contribution < 1.29 is 13.9 Å². The van der Waals surface area contributed by atoms with Crippen LogP contribution in [0.5, 0.6) is 5.75 Å². The summed E-state index contributed by atoms with van der Waals surface area (Å²) >= 11 is 31.1. The lowest BCUT2D eigenvalue weighted by atomic mass is 10.1. The molecule has 1 amide bonds. The maximum absolute atomic E-state index is 12.6. The van der Waals surface area contributed by atoms with Gasteiger partial charge in [-0.25, -0.2) is 4.98 Å². The number of hydrogen-bond acceptors (Lipinski definition) is 4. The summed E-state index contributed by atoms with van der Waals surface area (Å²) in [5, 5.41) is 4.55. The van der Waals surface area contributed by atoms with Crippen molar-refractivity contribution in [2.45, 2.75) is 13.8 Å². The minimum atomic E-state index is -0.462. The number of anilines is 1. The molecule has 0 radical (unpaired) electrons. The first-order chi connectivity index (χ1) is 15.7. The number of benzene rings is 3. The fraction of sp³-hybridized carbons (Fsp3) is 0.130. The highest BCUT2D eigenvalue weighted by molar-refractivity contribution is 6.42. The Labute approximate surface area is 214 Å². The van der Waals surface area contributed by atoms with Crippen molar-refractivity contribution in [3.8, 4) is 17.2 Å². The Hall–Kier alpha value is -2.15. The van der Waals surface area contributed by atoms with Crippen molar-refractivity contribution in [2.24, 2.45) is 0 Å². The highest BCUT2D eigenvalue weighted by atomic mass is 35.5. The van der Waals surface area contributed by atoms with E-state index in [0.29, 0.717) is 54.4 Å². The SMILES string of the molecule is Cc1c(Cl)c(C)c(Cl)c(OCC(=O)Nc2cc(-c3nc4cc(Cl)ccc4o3)ccc2Cl)c1Cl. The quantitative estimate of drug-likeness (QED) is 0.274. The van der Waals surface area contributed by atoms with Gasteiger partial charge >= 0.3 is 0 Å². The number of carbonyl (C=O) groups is 1. The van der Waals surface area contributed by atoms with E-state index in [9.17, 15) is 4.79 Å². The number of fused-ring (bicyclic) bond motifs is 1. The molecule has 0 aliphatic heterocycles. The molecule has 5 nitrogen and oxygen atoms in total. The predicted molar refractivity (Wildman–Crippen MR) is 135 cm³/mol. The van der Waals surface area contributed by atoms with Crippen LogP contribution in [0.4, 0.5) is 5.69 Å². The van der Waals surface area contributed by atoms with E-state index >= 15 is 0 Å².